The SMILES string of the molecule is CCc1cc(-c2ccccc2)cc(CC)[n+]1-c1ccc(S(N)(=O)=O)cc1.[O-][Cl+3]([O-])([O-])[O-]. The Morgan fingerprint density at radius 1 is 0.806 bits per heavy atom. The Hall–Kier alpha value is -2.37. The van der Waals surface area contributed by atoms with Crippen molar-refractivity contribution in [1.29, 1.82) is 0 Å². The highest BCUT2D eigenvalue weighted by Crippen LogP contribution is 2.22. The number of hydrogen-bond acceptors (Lipinski definition) is 6. The number of rotatable bonds is 5. The van der Waals surface area contributed by atoms with Gasteiger partial charge in [-0.05, 0) is 23.3 Å². The van der Waals surface area contributed by atoms with Crippen molar-refractivity contribution in [2.45, 2.75) is 31.6 Å². The van der Waals surface area contributed by atoms with E-state index in [1.165, 1.54) is 22.5 Å². The molecule has 0 saturated carbocycles. The van der Waals surface area contributed by atoms with Crippen LogP contribution in [0.1, 0.15) is 25.2 Å². The first-order valence-corrected chi connectivity index (χ1v) is 12.1. The zero-order chi connectivity index (χ0) is 23.2. The first-order valence-electron chi connectivity index (χ1n) is 9.32. The predicted molar refractivity (Wildman–Crippen MR) is 104 cm³/mol. The predicted octanol–water partition coefficient (Wildman–Crippen LogP) is -1.35. The molecule has 2 N–H and O–H groups in total. The zero-order valence-electron chi connectivity index (χ0n) is 17.0. The summed E-state index contributed by atoms with van der Waals surface area (Å²) >= 11 is 0. The third kappa shape index (κ3) is 7.37. The minimum absolute atomic E-state index is 0.124. The number of aromatic nitrogens is 1. The van der Waals surface area contributed by atoms with Gasteiger partial charge in [-0.3, -0.25) is 0 Å². The summed E-state index contributed by atoms with van der Waals surface area (Å²) in [5, 5.41) is 5.21. The molecule has 166 valence electrons. The van der Waals surface area contributed by atoms with E-state index in [0.29, 0.717) is 0 Å². The van der Waals surface area contributed by atoms with Gasteiger partial charge in [0.15, 0.2) is 11.4 Å². The molecule has 0 bridgehead atoms. The third-order valence-corrected chi connectivity index (χ3v) is 5.40. The number of nitrogens with zero attached hydrogens (tertiary/aromatic N) is 1. The van der Waals surface area contributed by atoms with Crippen LogP contribution in [-0.2, 0) is 22.9 Å². The van der Waals surface area contributed by atoms with Crippen LogP contribution in [-0.4, -0.2) is 8.42 Å². The summed E-state index contributed by atoms with van der Waals surface area (Å²) in [4.78, 5) is 0.124. The van der Waals surface area contributed by atoms with Crippen molar-refractivity contribution in [3.05, 3.63) is 78.1 Å². The molecule has 0 atom stereocenters. The van der Waals surface area contributed by atoms with Gasteiger partial charge >= 0.3 is 0 Å². The summed E-state index contributed by atoms with van der Waals surface area (Å²) in [6.45, 7) is 4.25. The highest BCUT2D eigenvalue weighted by molar-refractivity contribution is 7.89. The van der Waals surface area contributed by atoms with Gasteiger partial charge in [-0.1, -0.05) is 44.2 Å². The van der Waals surface area contributed by atoms with Gasteiger partial charge in [-0.15, -0.1) is 10.2 Å². The second-order valence-electron chi connectivity index (χ2n) is 6.55. The minimum atomic E-state index is -4.94. The number of halogens is 1. The molecular weight excluding hydrogens is 444 g/mol. The van der Waals surface area contributed by atoms with Gasteiger partial charge in [0.05, 0.1) is 4.90 Å². The second-order valence-corrected chi connectivity index (χ2v) is 8.87. The summed E-state index contributed by atoms with van der Waals surface area (Å²) in [5.74, 6) is 0. The van der Waals surface area contributed by atoms with Gasteiger partial charge in [-0.2, -0.15) is 4.57 Å². The summed E-state index contributed by atoms with van der Waals surface area (Å²) < 4.78 is 59.2. The van der Waals surface area contributed by atoms with E-state index < -0.39 is 20.3 Å². The number of sulfonamides is 1. The number of benzene rings is 2. The molecule has 8 nitrogen and oxygen atoms in total. The number of nitrogens with two attached hydrogens (primary N) is 1. The van der Waals surface area contributed by atoms with Crippen molar-refractivity contribution in [3.8, 4) is 16.8 Å². The highest BCUT2D eigenvalue weighted by atomic mass is 35.7. The van der Waals surface area contributed by atoms with Crippen LogP contribution >= 0.6 is 0 Å². The zero-order valence-corrected chi connectivity index (χ0v) is 18.6. The smallest absolute Gasteiger partial charge is 0.225 e. The molecule has 1 heterocycles. The average Bonchev–Trinajstić information content (AvgIpc) is 2.71. The lowest BCUT2D eigenvalue weighted by atomic mass is 10.0. The van der Waals surface area contributed by atoms with Crippen LogP contribution in [0.5, 0.6) is 0 Å². The first-order chi connectivity index (χ1) is 14.4. The summed E-state index contributed by atoms with van der Waals surface area (Å²) in [6, 6.07) is 21.4. The maximum Gasteiger partial charge on any atom is 0.238 e. The fraction of sp³-hybridized carbons (Fsp3) is 0.190. The summed E-state index contributed by atoms with van der Waals surface area (Å²) in [6.07, 6.45) is 1.73. The number of hydrogen-bond donors (Lipinski definition) is 1. The van der Waals surface area contributed by atoms with Crippen LogP contribution < -0.4 is 28.3 Å². The molecule has 0 aliphatic rings. The van der Waals surface area contributed by atoms with Crippen molar-refractivity contribution >= 4 is 10.0 Å². The standard InChI is InChI=1S/C21H23N2O2S.ClHO4/c1-3-18-14-17(16-8-6-5-7-9-16)15-19(4-2)23(18)20-10-12-21(13-11-20)26(22,24)25;2-1(3,4)5/h5-15H,3-4H2,1-2H3,(H2,22,24,25);(H,2,3,4,5)/q+1;/p-1. The van der Waals surface area contributed by atoms with E-state index in [9.17, 15) is 8.42 Å². The van der Waals surface area contributed by atoms with E-state index >= 15 is 0 Å². The Balaban J connectivity index is 0.000000614. The Bertz CT molecular complexity index is 1080. The molecule has 10 heteroatoms. The quantitative estimate of drug-likeness (QED) is 0.458. The Morgan fingerprint density at radius 2 is 1.26 bits per heavy atom. The molecule has 0 aliphatic heterocycles. The summed E-state index contributed by atoms with van der Waals surface area (Å²) in [5.41, 5.74) is 5.66. The molecule has 0 fully saturated rings. The van der Waals surface area contributed by atoms with Crippen LogP contribution in [0.4, 0.5) is 0 Å². The number of primary sulfonamides is 1. The highest BCUT2D eigenvalue weighted by Gasteiger charge is 2.20. The van der Waals surface area contributed by atoms with Crippen LogP contribution in [0.2, 0.25) is 0 Å². The van der Waals surface area contributed by atoms with Crippen LogP contribution in [0.3, 0.4) is 0 Å². The lowest BCUT2D eigenvalue weighted by Crippen LogP contribution is -2.68. The molecule has 0 amide bonds. The van der Waals surface area contributed by atoms with Gasteiger partial charge in [0.1, 0.15) is 0 Å². The fourth-order valence-electron chi connectivity index (χ4n) is 3.15. The van der Waals surface area contributed by atoms with Crippen molar-refractivity contribution in [3.63, 3.8) is 0 Å². The molecule has 0 aliphatic carbocycles. The topological polar surface area (TPSA) is 156 Å². The molecule has 0 saturated heterocycles. The Kier molecular flexibility index (Phi) is 8.27. The first kappa shape index (κ1) is 24.9. The lowest BCUT2D eigenvalue weighted by molar-refractivity contribution is -2.00. The molecule has 0 unspecified atom stereocenters. The molecule has 3 aromatic rings. The van der Waals surface area contributed by atoms with E-state index in [0.717, 1.165) is 18.5 Å². The minimum Gasteiger partial charge on any atom is -0.225 e. The van der Waals surface area contributed by atoms with Crippen LogP contribution in [0.25, 0.3) is 16.8 Å². The van der Waals surface area contributed by atoms with Crippen molar-refractivity contribution in [2.24, 2.45) is 5.14 Å². The van der Waals surface area contributed by atoms with Gasteiger partial charge in [0.2, 0.25) is 15.7 Å². The van der Waals surface area contributed by atoms with Gasteiger partial charge < -0.3 is 0 Å². The normalized spacial score (nSPS) is 11.6. The van der Waals surface area contributed by atoms with Gasteiger partial charge in [-0.25, -0.2) is 32.2 Å². The van der Waals surface area contributed by atoms with Crippen molar-refractivity contribution in [1.82, 2.24) is 0 Å². The number of aryl methyl sites for hydroxylation is 2. The molecular formula is C21H23ClN2O6S. The molecule has 1 aromatic heterocycles. The van der Waals surface area contributed by atoms with E-state index in [2.05, 4.69) is 42.7 Å². The maximum atomic E-state index is 11.5. The van der Waals surface area contributed by atoms with E-state index in [-0.39, 0.29) is 4.90 Å². The van der Waals surface area contributed by atoms with Crippen molar-refractivity contribution < 1.29 is 41.9 Å². The van der Waals surface area contributed by atoms with E-state index in [4.69, 9.17) is 23.8 Å². The average molecular weight is 467 g/mol. The summed E-state index contributed by atoms with van der Waals surface area (Å²) in [7, 11) is -8.63. The fourth-order valence-corrected chi connectivity index (χ4v) is 3.66. The van der Waals surface area contributed by atoms with Gasteiger partial charge in [0, 0.05) is 37.1 Å². The Labute approximate surface area is 183 Å². The lowest BCUT2D eigenvalue weighted by Gasteiger charge is -2.17. The van der Waals surface area contributed by atoms with E-state index in [1.54, 1.807) is 24.3 Å². The molecule has 0 spiro atoms. The second kappa shape index (κ2) is 10.3. The molecule has 0 radical (unpaired) electrons. The van der Waals surface area contributed by atoms with Crippen LogP contribution in [0.15, 0.2) is 71.6 Å². The number of pyridine rings is 1. The van der Waals surface area contributed by atoms with Gasteiger partial charge in [0.25, 0.3) is 0 Å². The van der Waals surface area contributed by atoms with Crippen molar-refractivity contribution in [2.75, 3.05) is 0 Å². The molecule has 31 heavy (non-hydrogen) atoms. The monoisotopic (exact) mass is 466 g/mol. The maximum absolute atomic E-state index is 11.5. The largest absolute Gasteiger partial charge is 0.238 e. The molecule has 3 rings (SSSR count). The third-order valence-electron chi connectivity index (χ3n) is 4.47. The molecule has 2 aromatic carbocycles. The van der Waals surface area contributed by atoms with E-state index in [1.807, 2.05) is 18.2 Å². The Morgan fingerprint density at radius 3 is 1.65 bits per heavy atom. The van der Waals surface area contributed by atoms with Crippen LogP contribution in [0, 0.1) is 10.2 Å².